The molecule has 0 atom stereocenters. The molecule has 0 saturated heterocycles. The highest BCUT2D eigenvalue weighted by Gasteiger charge is 2.11. The van der Waals surface area contributed by atoms with Gasteiger partial charge < -0.3 is 10.1 Å². The molecule has 2 aromatic carbocycles. The summed E-state index contributed by atoms with van der Waals surface area (Å²) in [4.78, 5) is 8.88. The molecule has 0 spiro atoms. The van der Waals surface area contributed by atoms with Crippen molar-refractivity contribution in [1.29, 1.82) is 0 Å². The van der Waals surface area contributed by atoms with E-state index in [-0.39, 0.29) is 0 Å². The minimum absolute atomic E-state index is 0.681. The summed E-state index contributed by atoms with van der Waals surface area (Å²) in [5.74, 6) is 0.811. The van der Waals surface area contributed by atoms with Crippen LogP contribution < -0.4 is 14.6 Å². The Morgan fingerprint density at radius 1 is 0.879 bits per heavy atom. The molecular weight excluding hydrogens is 432 g/mol. The van der Waals surface area contributed by atoms with Gasteiger partial charge in [-0.2, -0.15) is 0 Å². The Bertz CT molecular complexity index is 1410. The van der Waals surface area contributed by atoms with Crippen LogP contribution in [0.4, 0.5) is 5.69 Å². The van der Waals surface area contributed by atoms with Crippen molar-refractivity contribution in [2.24, 2.45) is 0 Å². The number of pyridine rings is 3. The lowest BCUT2D eigenvalue weighted by Crippen LogP contribution is -2.33. The number of anilines is 1. The van der Waals surface area contributed by atoms with Gasteiger partial charge in [0.15, 0.2) is 12.4 Å². The van der Waals surface area contributed by atoms with E-state index in [1.54, 1.807) is 7.11 Å². The van der Waals surface area contributed by atoms with Gasteiger partial charge in [0, 0.05) is 53.3 Å². The first-order valence-corrected chi connectivity index (χ1v) is 11.3. The molecule has 0 aliphatic carbocycles. The molecule has 33 heavy (non-hydrogen) atoms. The van der Waals surface area contributed by atoms with Crippen LogP contribution in [-0.2, 0) is 6.54 Å². The van der Waals surface area contributed by atoms with Crippen molar-refractivity contribution in [1.82, 2.24) is 9.97 Å². The lowest BCUT2D eigenvalue weighted by molar-refractivity contribution is -0.696. The molecule has 5 rings (SSSR count). The van der Waals surface area contributed by atoms with Crippen LogP contribution in [0, 0.1) is 0 Å². The maximum absolute atomic E-state index is 6.23. The summed E-state index contributed by atoms with van der Waals surface area (Å²) in [6.07, 6.45) is 8.86. The predicted molar refractivity (Wildman–Crippen MR) is 134 cm³/mol. The number of hydrogen-bond donors (Lipinski definition) is 1. The Morgan fingerprint density at radius 3 is 2.45 bits per heavy atom. The molecule has 5 nitrogen and oxygen atoms in total. The molecule has 0 aliphatic heterocycles. The first kappa shape index (κ1) is 21.2. The van der Waals surface area contributed by atoms with Crippen molar-refractivity contribution in [3.05, 3.63) is 90.5 Å². The number of nitrogens with one attached hydrogen (secondary N) is 1. The van der Waals surface area contributed by atoms with E-state index < -0.39 is 0 Å². The Labute approximate surface area is 197 Å². The second-order valence-electron chi connectivity index (χ2n) is 7.87. The summed E-state index contributed by atoms with van der Waals surface area (Å²) in [6.45, 7) is 1.74. The van der Waals surface area contributed by atoms with Gasteiger partial charge in [0.1, 0.15) is 12.3 Å². The topological polar surface area (TPSA) is 50.9 Å². The average molecular weight is 456 g/mol. The van der Waals surface area contributed by atoms with Crippen LogP contribution in [0.1, 0.15) is 6.42 Å². The van der Waals surface area contributed by atoms with Crippen LogP contribution in [0.5, 0.6) is 5.75 Å². The minimum Gasteiger partial charge on any atom is -0.497 e. The largest absolute Gasteiger partial charge is 0.497 e. The number of halogens is 1. The van der Waals surface area contributed by atoms with Gasteiger partial charge in [-0.15, -0.1) is 0 Å². The van der Waals surface area contributed by atoms with E-state index in [1.165, 1.54) is 11.1 Å². The summed E-state index contributed by atoms with van der Waals surface area (Å²) in [5.41, 5.74) is 5.21. The van der Waals surface area contributed by atoms with E-state index in [0.29, 0.717) is 5.02 Å². The first-order valence-electron chi connectivity index (χ1n) is 10.9. The van der Waals surface area contributed by atoms with Gasteiger partial charge in [-0.05, 0) is 59.7 Å². The van der Waals surface area contributed by atoms with E-state index in [9.17, 15) is 0 Å². The molecule has 0 saturated carbocycles. The maximum atomic E-state index is 6.23. The summed E-state index contributed by atoms with van der Waals surface area (Å²) in [7, 11) is 1.68. The zero-order chi connectivity index (χ0) is 22.6. The fourth-order valence-corrected chi connectivity index (χ4v) is 4.20. The predicted octanol–water partition coefficient (Wildman–Crippen LogP) is 5.90. The van der Waals surface area contributed by atoms with E-state index in [4.69, 9.17) is 21.3 Å². The van der Waals surface area contributed by atoms with Gasteiger partial charge in [-0.1, -0.05) is 11.6 Å². The molecule has 5 aromatic rings. The highest BCUT2D eigenvalue weighted by Crippen LogP contribution is 2.34. The summed E-state index contributed by atoms with van der Waals surface area (Å²) < 4.78 is 7.66. The molecular formula is C27H24ClN4O+. The summed E-state index contributed by atoms with van der Waals surface area (Å²) in [6, 6.07) is 20.1. The molecule has 3 heterocycles. The van der Waals surface area contributed by atoms with Crippen molar-refractivity contribution in [3.8, 4) is 16.9 Å². The zero-order valence-electron chi connectivity index (χ0n) is 18.3. The normalized spacial score (nSPS) is 11.1. The number of aryl methyl sites for hydroxylation is 1. The number of nitrogens with zero attached hydrogens (tertiary/aromatic N) is 3. The molecule has 0 bridgehead atoms. The molecule has 1 N–H and O–H groups in total. The van der Waals surface area contributed by atoms with Crippen molar-refractivity contribution >= 4 is 39.1 Å². The van der Waals surface area contributed by atoms with Crippen LogP contribution >= 0.6 is 11.6 Å². The fraction of sp³-hybridized carbons (Fsp3) is 0.148. The quantitative estimate of drug-likeness (QED) is 0.188. The van der Waals surface area contributed by atoms with E-state index in [0.717, 1.165) is 52.8 Å². The number of benzene rings is 2. The van der Waals surface area contributed by atoms with Gasteiger partial charge >= 0.3 is 0 Å². The highest BCUT2D eigenvalue weighted by atomic mass is 35.5. The Kier molecular flexibility index (Phi) is 6.05. The molecule has 0 amide bonds. The van der Waals surface area contributed by atoms with Crippen LogP contribution in [-0.4, -0.2) is 23.6 Å². The van der Waals surface area contributed by atoms with Gasteiger partial charge in [0.2, 0.25) is 0 Å². The molecule has 0 radical (unpaired) electrons. The fourth-order valence-electron chi connectivity index (χ4n) is 4.03. The average Bonchev–Trinajstić information content (AvgIpc) is 2.86. The third-order valence-corrected chi connectivity index (χ3v) is 5.98. The molecule has 164 valence electrons. The molecule has 3 aromatic heterocycles. The first-order chi connectivity index (χ1) is 16.2. The van der Waals surface area contributed by atoms with Crippen LogP contribution in [0.25, 0.3) is 32.9 Å². The molecule has 0 aliphatic rings. The minimum atomic E-state index is 0.681. The SMILES string of the molecule is COc1ccc2nc3cc(Cl)ccc3c(NCCC[n+]3ccc(-c4ccncc4)cc3)c2c1. The summed E-state index contributed by atoms with van der Waals surface area (Å²) >= 11 is 6.23. The van der Waals surface area contributed by atoms with Gasteiger partial charge in [0.05, 0.1) is 23.8 Å². The van der Waals surface area contributed by atoms with Crippen molar-refractivity contribution in [2.45, 2.75) is 13.0 Å². The molecule has 0 fully saturated rings. The lowest BCUT2D eigenvalue weighted by Gasteiger charge is -2.14. The summed E-state index contributed by atoms with van der Waals surface area (Å²) in [5, 5.41) is 6.42. The van der Waals surface area contributed by atoms with Gasteiger partial charge in [0.25, 0.3) is 0 Å². The van der Waals surface area contributed by atoms with Crippen molar-refractivity contribution < 1.29 is 9.30 Å². The molecule has 0 unspecified atom stereocenters. The van der Waals surface area contributed by atoms with Crippen LogP contribution in [0.3, 0.4) is 0 Å². The Hall–Kier alpha value is -3.70. The van der Waals surface area contributed by atoms with E-state index in [1.807, 2.05) is 60.9 Å². The van der Waals surface area contributed by atoms with Gasteiger partial charge in [-0.25, -0.2) is 9.55 Å². The zero-order valence-corrected chi connectivity index (χ0v) is 19.1. The Balaban J connectivity index is 1.33. The van der Waals surface area contributed by atoms with Crippen LogP contribution in [0.15, 0.2) is 85.5 Å². The standard InChI is InChI=1S/C27H24ClN4O/c1-33-22-4-6-25-24(18-22)27(23-5-3-21(28)17-26(23)31-25)30-11-2-14-32-15-9-20(10-16-32)19-7-12-29-13-8-19/h3-10,12-13,15-18H,2,11,14H2,1H3,(H,30,31)/q+1. The third kappa shape index (κ3) is 4.59. The number of aromatic nitrogens is 3. The van der Waals surface area contributed by atoms with Crippen LogP contribution in [0.2, 0.25) is 5.02 Å². The van der Waals surface area contributed by atoms with E-state index >= 15 is 0 Å². The molecule has 6 heteroatoms. The number of fused-ring (bicyclic) bond motifs is 2. The number of methoxy groups -OCH3 is 1. The number of rotatable bonds is 7. The number of ether oxygens (including phenoxy) is 1. The van der Waals surface area contributed by atoms with E-state index in [2.05, 4.69) is 39.4 Å². The highest BCUT2D eigenvalue weighted by molar-refractivity contribution is 6.31. The maximum Gasteiger partial charge on any atom is 0.169 e. The van der Waals surface area contributed by atoms with Crippen molar-refractivity contribution in [3.63, 3.8) is 0 Å². The second-order valence-corrected chi connectivity index (χ2v) is 8.31. The lowest BCUT2D eigenvalue weighted by atomic mass is 10.1. The number of hydrogen-bond acceptors (Lipinski definition) is 4. The van der Waals surface area contributed by atoms with Gasteiger partial charge in [-0.3, -0.25) is 4.98 Å². The monoisotopic (exact) mass is 455 g/mol. The third-order valence-electron chi connectivity index (χ3n) is 5.74. The Morgan fingerprint density at radius 2 is 1.67 bits per heavy atom. The second kappa shape index (κ2) is 9.43. The smallest absolute Gasteiger partial charge is 0.169 e. The van der Waals surface area contributed by atoms with Crippen molar-refractivity contribution in [2.75, 3.05) is 19.0 Å².